The Bertz CT molecular complexity index is 415. The third-order valence-corrected chi connectivity index (χ3v) is 3.59. The molecular weight excluding hydrogens is 333 g/mol. The smallest absolute Gasteiger partial charge is 0.266 e. The van der Waals surface area contributed by atoms with Gasteiger partial charge in [-0.05, 0) is 34.9 Å². The first kappa shape index (κ1) is 13.0. The van der Waals surface area contributed by atoms with E-state index >= 15 is 0 Å². The van der Waals surface area contributed by atoms with Gasteiger partial charge in [0, 0.05) is 32.4 Å². The molecule has 5 nitrogen and oxygen atoms in total. The van der Waals surface area contributed by atoms with Gasteiger partial charge in [0.1, 0.15) is 0 Å². The molecule has 1 saturated heterocycles. The summed E-state index contributed by atoms with van der Waals surface area (Å²) in [6, 6.07) is 0. The highest BCUT2D eigenvalue weighted by atomic mass is 127. The van der Waals surface area contributed by atoms with Crippen molar-refractivity contribution in [1.82, 2.24) is 14.9 Å². The first-order valence-electron chi connectivity index (χ1n) is 5.76. The van der Waals surface area contributed by atoms with Crippen molar-refractivity contribution in [2.24, 2.45) is 5.92 Å². The van der Waals surface area contributed by atoms with Gasteiger partial charge in [0.2, 0.25) is 0 Å². The van der Waals surface area contributed by atoms with Crippen LogP contribution in [-0.4, -0.2) is 35.9 Å². The van der Waals surface area contributed by atoms with Crippen molar-refractivity contribution in [1.29, 1.82) is 0 Å². The fraction of sp³-hybridized carbons (Fsp3) is 0.636. The highest BCUT2D eigenvalue weighted by molar-refractivity contribution is 14.1. The van der Waals surface area contributed by atoms with E-state index in [9.17, 15) is 4.79 Å². The second-order valence-electron chi connectivity index (χ2n) is 4.17. The molecule has 2 rings (SSSR count). The summed E-state index contributed by atoms with van der Waals surface area (Å²) in [5.74, 6) is 0.626. The normalized spacial score (nSPS) is 19.7. The molecule has 17 heavy (non-hydrogen) atoms. The molecule has 1 aliphatic rings. The molecule has 1 atom stereocenters. The van der Waals surface area contributed by atoms with Gasteiger partial charge >= 0.3 is 0 Å². The summed E-state index contributed by atoms with van der Waals surface area (Å²) in [5.41, 5.74) is 0.0339. The van der Waals surface area contributed by atoms with Crippen molar-refractivity contribution in [2.45, 2.75) is 13.0 Å². The van der Waals surface area contributed by atoms with Crippen LogP contribution >= 0.6 is 22.6 Å². The Morgan fingerprint density at radius 2 is 2.53 bits per heavy atom. The lowest BCUT2D eigenvalue weighted by Crippen LogP contribution is -2.31. The van der Waals surface area contributed by atoms with Crippen LogP contribution in [0.2, 0.25) is 0 Å². The van der Waals surface area contributed by atoms with Gasteiger partial charge in [-0.15, -0.1) is 0 Å². The van der Waals surface area contributed by atoms with Crippen molar-refractivity contribution in [3.63, 3.8) is 0 Å². The lowest BCUT2D eigenvalue weighted by molar-refractivity contribution is 0.185. The Morgan fingerprint density at radius 1 is 1.65 bits per heavy atom. The van der Waals surface area contributed by atoms with Crippen molar-refractivity contribution >= 4 is 22.6 Å². The lowest BCUT2D eigenvalue weighted by Gasteiger charge is -2.10. The number of hydrogen-bond acceptors (Lipinski definition) is 4. The zero-order valence-corrected chi connectivity index (χ0v) is 11.7. The summed E-state index contributed by atoms with van der Waals surface area (Å²) in [6.07, 6.45) is 4.31. The maximum absolute atomic E-state index is 11.7. The first-order chi connectivity index (χ1) is 8.27. The predicted octanol–water partition coefficient (Wildman–Crippen LogP) is 0.474. The zero-order chi connectivity index (χ0) is 12.1. The summed E-state index contributed by atoms with van der Waals surface area (Å²) in [6.45, 7) is 4.16. The molecule has 1 aliphatic heterocycles. The molecule has 1 aromatic rings. The van der Waals surface area contributed by atoms with E-state index in [0.717, 1.165) is 32.7 Å². The van der Waals surface area contributed by atoms with Crippen LogP contribution in [0.15, 0.2) is 17.3 Å². The number of ether oxygens (including phenoxy) is 1. The molecule has 0 aromatic carbocycles. The largest absolute Gasteiger partial charge is 0.381 e. The van der Waals surface area contributed by atoms with Crippen LogP contribution in [0.5, 0.6) is 0 Å². The SMILES string of the molecule is O=c1c(I)cncn1CCNCC1CCOC1. The summed E-state index contributed by atoms with van der Waals surface area (Å²) >= 11 is 2.01. The fourth-order valence-electron chi connectivity index (χ4n) is 1.83. The second kappa shape index (κ2) is 6.46. The number of aromatic nitrogens is 2. The van der Waals surface area contributed by atoms with E-state index in [1.54, 1.807) is 17.1 Å². The number of nitrogens with one attached hydrogen (secondary N) is 1. The lowest BCUT2D eigenvalue weighted by atomic mass is 10.1. The Hall–Kier alpha value is -0.470. The standard InChI is InChI=1S/C11H16IN3O2/c12-10-6-14-8-15(11(10)16)3-2-13-5-9-1-4-17-7-9/h6,8-9,13H,1-5,7H2. The van der Waals surface area contributed by atoms with E-state index in [4.69, 9.17) is 4.74 Å². The van der Waals surface area contributed by atoms with Gasteiger partial charge in [-0.1, -0.05) is 0 Å². The first-order valence-corrected chi connectivity index (χ1v) is 6.83. The van der Waals surface area contributed by atoms with Gasteiger partial charge in [0.25, 0.3) is 5.56 Å². The number of nitrogens with zero attached hydrogens (tertiary/aromatic N) is 2. The molecule has 0 radical (unpaired) electrons. The van der Waals surface area contributed by atoms with Crippen LogP contribution in [0.4, 0.5) is 0 Å². The average Bonchev–Trinajstić information content (AvgIpc) is 2.83. The minimum absolute atomic E-state index is 0.0339. The molecule has 0 bridgehead atoms. The molecule has 1 unspecified atom stereocenters. The van der Waals surface area contributed by atoms with Gasteiger partial charge in [0.05, 0.1) is 16.5 Å². The van der Waals surface area contributed by atoms with Crippen molar-refractivity contribution < 1.29 is 4.74 Å². The molecule has 0 saturated carbocycles. The summed E-state index contributed by atoms with van der Waals surface area (Å²) < 4.78 is 7.60. The Kier molecular flexibility index (Phi) is 4.93. The third kappa shape index (κ3) is 3.75. The topological polar surface area (TPSA) is 56.2 Å². The number of halogens is 1. The van der Waals surface area contributed by atoms with Gasteiger partial charge in [-0.25, -0.2) is 4.98 Å². The molecule has 2 heterocycles. The van der Waals surface area contributed by atoms with E-state index in [2.05, 4.69) is 10.3 Å². The van der Waals surface area contributed by atoms with Crippen LogP contribution in [0.1, 0.15) is 6.42 Å². The van der Waals surface area contributed by atoms with E-state index in [-0.39, 0.29) is 5.56 Å². The minimum atomic E-state index is 0.0339. The number of hydrogen-bond donors (Lipinski definition) is 1. The Morgan fingerprint density at radius 3 is 3.29 bits per heavy atom. The average molecular weight is 349 g/mol. The molecule has 0 aliphatic carbocycles. The summed E-state index contributed by atoms with van der Waals surface area (Å²) in [5, 5.41) is 3.35. The van der Waals surface area contributed by atoms with Gasteiger partial charge in [-0.2, -0.15) is 0 Å². The van der Waals surface area contributed by atoms with Crippen LogP contribution in [0.25, 0.3) is 0 Å². The summed E-state index contributed by atoms with van der Waals surface area (Å²) in [7, 11) is 0. The van der Waals surface area contributed by atoms with E-state index in [1.165, 1.54) is 0 Å². The minimum Gasteiger partial charge on any atom is -0.381 e. The maximum atomic E-state index is 11.7. The van der Waals surface area contributed by atoms with Crippen LogP contribution in [0.3, 0.4) is 0 Å². The zero-order valence-electron chi connectivity index (χ0n) is 9.56. The molecule has 94 valence electrons. The molecule has 0 spiro atoms. The monoisotopic (exact) mass is 349 g/mol. The van der Waals surface area contributed by atoms with E-state index < -0.39 is 0 Å². The van der Waals surface area contributed by atoms with Crippen LogP contribution in [-0.2, 0) is 11.3 Å². The van der Waals surface area contributed by atoms with Gasteiger partial charge in [0.15, 0.2) is 0 Å². The van der Waals surface area contributed by atoms with Crippen LogP contribution in [0, 0.1) is 9.49 Å². The fourth-order valence-corrected chi connectivity index (χ4v) is 2.30. The second-order valence-corrected chi connectivity index (χ2v) is 5.34. The van der Waals surface area contributed by atoms with E-state index in [0.29, 0.717) is 16.0 Å². The molecular formula is C11H16IN3O2. The highest BCUT2D eigenvalue weighted by Crippen LogP contribution is 2.10. The van der Waals surface area contributed by atoms with E-state index in [1.807, 2.05) is 22.6 Å². The molecule has 0 amide bonds. The van der Waals surface area contributed by atoms with Crippen molar-refractivity contribution in [3.05, 3.63) is 26.4 Å². The van der Waals surface area contributed by atoms with Gasteiger partial charge < -0.3 is 10.1 Å². The number of rotatable bonds is 5. The molecule has 1 fully saturated rings. The van der Waals surface area contributed by atoms with Crippen LogP contribution < -0.4 is 10.9 Å². The molecule has 6 heteroatoms. The highest BCUT2D eigenvalue weighted by Gasteiger charge is 2.14. The maximum Gasteiger partial charge on any atom is 0.266 e. The van der Waals surface area contributed by atoms with Crippen molar-refractivity contribution in [2.75, 3.05) is 26.3 Å². The third-order valence-electron chi connectivity index (χ3n) is 2.85. The van der Waals surface area contributed by atoms with Gasteiger partial charge in [-0.3, -0.25) is 9.36 Å². The predicted molar refractivity (Wildman–Crippen MR) is 73.0 cm³/mol. The summed E-state index contributed by atoms with van der Waals surface area (Å²) in [4.78, 5) is 15.7. The molecule has 1 aromatic heterocycles. The quantitative estimate of drug-likeness (QED) is 0.621. The Labute approximate surface area is 114 Å². The van der Waals surface area contributed by atoms with Crippen molar-refractivity contribution in [3.8, 4) is 0 Å². The Balaban J connectivity index is 1.74. The molecule has 1 N–H and O–H groups in total.